The lowest BCUT2D eigenvalue weighted by Crippen LogP contribution is -2.50. The Labute approximate surface area is 157 Å². The molecular formula is C19H23N3O5. The fourth-order valence-corrected chi connectivity index (χ4v) is 3.12. The summed E-state index contributed by atoms with van der Waals surface area (Å²) in [5.41, 5.74) is 1.55. The number of ether oxygens (including phenoxy) is 2. The van der Waals surface area contributed by atoms with E-state index in [0.717, 1.165) is 12.0 Å². The third-order valence-electron chi connectivity index (χ3n) is 4.40. The van der Waals surface area contributed by atoms with Gasteiger partial charge < -0.3 is 20.1 Å². The summed E-state index contributed by atoms with van der Waals surface area (Å²) in [6.45, 7) is 4.75. The number of amides is 3. The van der Waals surface area contributed by atoms with Crippen LogP contribution in [0.4, 0.5) is 4.79 Å². The van der Waals surface area contributed by atoms with Crippen molar-refractivity contribution in [1.29, 1.82) is 0 Å². The van der Waals surface area contributed by atoms with Gasteiger partial charge >= 0.3 is 12.0 Å². The predicted molar refractivity (Wildman–Crippen MR) is 96.9 cm³/mol. The molecule has 1 aromatic carbocycles. The minimum atomic E-state index is -0.617. The zero-order valence-electron chi connectivity index (χ0n) is 15.4. The van der Waals surface area contributed by atoms with Crippen LogP contribution in [0, 0.1) is 0 Å². The number of carbonyl (C=O) groups excluding carboxylic acids is 3. The first-order valence-corrected chi connectivity index (χ1v) is 9.02. The Bertz CT molecular complexity index is 772. The lowest BCUT2D eigenvalue weighted by molar-refractivity contribution is -0.136. The fourth-order valence-electron chi connectivity index (χ4n) is 3.12. The Morgan fingerprint density at radius 2 is 2.04 bits per heavy atom. The zero-order valence-corrected chi connectivity index (χ0v) is 15.4. The molecule has 144 valence electrons. The van der Waals surface area contributed by atoms with Crippen LogP contribution in [-0.4, -0.2) is 49.1 Å². The highest BCUT2D eigenvalue weighted by molar-refractivity contribution is 5.98. The number of nitrogens with zero attached hydrogens (tertiary/aromatic N) is 1. The van der Waals surface area contributed by atoms with Crippen molar-refractivity contribution in [3.63, 3.8) is 0 Å². The van der Waals surface area contributed by atoms with Gasteiger partial charge in [0.15, 0.2) is 0 Å². The van der Waals surface area contributed by atoms with Crippen LogP contribution in [0.1, 0.15) is 31.9 Å². The van der Waals surface area contributed by atoms with E-state index in [4.69, 9.17) is 9.47 Å². The number of hydrogen-bond donors (Lipinski definition) is 2. The van der Waals surface area contributed by atoms with Crippen molar-refractivity contribution in [1.82, 2.24) is 15.5 Å². The topological polar surface area (TPSA) is 97.0 Å². The molecule has 0 radical (unpaired) electrons. The third-order valence-corrected chi connectivity index (χ3v) is 4.40. The van der Waals surface area contributed by atoms with Crippen LogP contribution < -0.4 is 15.4 Å². The molecular weight excluding hydrogens is 350 g/mol. The number of esters is 1. The zero-order chi connectivity index (χ0) is 19.4. The van der Waals surface area contributed by atoms with Gasteiger partial charge in [-0.25, -0.2) is 9.59 Å². The molecule has 0 saturated heterocycles. The molecule has 27 heavy (non-hydrogen) atoms. The predicted octanol–water partition coefficient (Wildman–Crippen LogP) is 1.49. The molecule has 3 amide bonds. The molecule has 1 unspecified atom stereocenters. The Morgan fingerprint density at radius 1 is 1.30 bits per heavy atom. The maximum atomic E-state index is 12.6. The molecule has 0 saturated carbocycles. The molecule has 8 nitrogen and oxygen atoms in total. The van der Waals surface area contributed by atoms with Gasteiger partial charge in [-0.15, -0.1) is 0 Å². The van der Waals surface area contributed by atoms with E-state index in [9.17, 15) is 14.4 Å². The first-order valence-electron chi connectivity index (χ1n) is 9.02. The van der Waals surface area contributed by atoms with E-state index in [1.54, 1.807) is 24.3 Å². The van der Waals surface area contributed by atoms with Crippen molar-refractivity contribution in [3.05, 3.63) is 41.1 Å². The summed E-state index contributed by atoms with van der Waals surface area (Å²) in [5, 5.41) is 5.53. The van der Waals surface area contributed by atoms with Crippen molar-refractivity contribution < 1.29 is 23.9 Å². The lowest BCUT2D eigenvalue weighted by atomic mass is 9.95. The maximum Gasteiger partial charge on any atom is 0.338 e. The number of carbonyl (C=O) groups is 3. The molecule has 1 atom stereocenters. The number of urea groups is 1. The SMILES string of the molecule is CCCNC(=O)CN1C(=O)NC(c2ccc(OCC)cc2)C2=C1COC2=O. The Kier molecular flexibility index (Phi) is 5.63. The van der Waals surface area contributed by atoms with Gasteiger partial charge in [0, 0.05) is 6.54 Å². The number of nitrogens with one attached hydrogen (secondary N) is 2. The highest BCUT2D eigenvalue weighted by Crippen LogP contribution is 2.35. The Morgan fingerprint density at radius 3 is 2.70 bits per heavy atom. The molecule has 2 N–H and O–H groups in total. The van der Waals surface area contributed by atoms with E-state index >= 15 is 0 Å². The van der Waals surface area contributed by atoms with Gasteiger partial charge in [0.2, 0.25) is 5.91 Å². The molecule has 2 heterocycles. The van der Waals surface area contributed by atoms with E-state index in [1.165, 1.54) is 4.90 Å². The van der Waals surface area contributed by atoms with Crippen LogP contribution in [0.5, 0.6) is 5.75 Å². The standard InChI is InChI=1S/C19H23N3O5/c1-3-9-20-15(23)10-22-14-11-27-18(24)16(14)17(21-19(22)25)12-5-7-13(8-6-12)26-4-2/h5-8,17H,3-4,9-11H2,1-2H3,(H,20,23)(H,21,25). The highest BCUT2D eigenvalue weighted by Gasteiger charge is 2.42. The molecule has 8 heteroatoms. The van der Waals surface area contributed by atoms with E-state index in [2.05, 4.69) is 10.6 Å². The summed E-state index contributed by atoms with van der Waals surface area (Å²) in [5.74, 6) is -0.0543. The minimum absolute atomic E-state index is 0.0177. The second kappa shape index (κ2) is 8.11. The van der Waals surface area contributed by atoms with Crippen LogP contribution >= 0.6 is 0 Å². The van der Waals surface area contributed by atoms with Crippen LogP contribution in [0.15, 0.2) is 35.5 Å². The van der Waals surface area contributed by atoms with Crippen molar-refractivity contribution in [2.24, 2.45) is 0 Å². The molecule has 0 fully saturated rings. The largest absolute Gasteiger partial charge is 0.494 e. The normalized spacial score (nSPS) is 18.7. The summed E-state index contributed by atoms with van der Waals surface area (Å²) in [4.78, 5) is 38.2. The summed E-state index contributed by atoms with van der Waals surface area (Å²) in [6, 6.07) is 6.13. The van der Waals surface area contributed by atoms with Gasteiger partial charge in [-0.3, -0.25) is 9.69 Å². The summed E-state index contributed by atoms with van der Waals surface area (Å²) < 4.78 is 10.6. The van der Waals surface area contributed by atoms with Gasteiger partial charge in [-0.1, -0.05) is 19.1 Å². The Balaban J connectivity index is 1.86. The summed E-state index contributed by atoms with van der Waals surface area (Å²) in [6.07, 6.45) is 0.799. The highest BCUT2D eigenvalue weighted by atomic mass is 16.5. The number of benzene rings is 1. The van der Waals surface area contributed by atoms with Crippen molar-refractivity contribution in [2.45, 2.75) is 26.3 Å². The number of cyclic esters (lactones) is 1. The van der Waals surface area contributed by atoms with Crippen LogP contribution in [0.25, 0.3) is 0 Å². The summed E-state index contributed by atoms with van der Waals surface area (Å²) >= 11 is 0. The van der Waals surface area contributed by atoms with E-state index < -0.39 is 18.0 Å². The molecule has 2 aliphatic rings. The average molecular weight is 373 g/mol. The smallest absolute Gasteiger partial charge is 0.338 e. The van der Waals surface area contributed by atoms with Crippen molar-refractivity contribution >= 4 is 17.9 Å². The van der Waals surface area contributed by atoms with Crippen molar-refractivity contribution in [2.75, 3.05) is 26.3 Å². The number of rotatable bonds is 7. The second-order valence-corrected chi connectivity index (χ2v) is 6.26. The fraction of sp³-hybridized carbons (Fsp3) is 0.421. The molecule has 0 spiro atoms. The van der Waals surface area contributed by atoms with Crippen LogP contribution in [0.2, 0.25) is 0 Å². The summed E-state index contributed by atoms with van der Waals surface area (Å²) in [7, 11) is 0. The molecule has 3 rings (SSSR count). The average Bonchev–Trinajstić information content (AvgIpc) is 3.05. The Hall–Kier alpha value is -3.03. The molecule has 0 aliphatic carbocycles. The van der Waals surface area contributed by atoms with Gasteiger partial charge in [0.1, 0.15) is 18.9 Å². The third kappa shape index (κ3) is 3.89. The second-order valence-electron chi connectivity index (χ2n) is 6.26. The van der Waals surface area contributed by atoms with Gasteiger partial charge in [0.05, 0.1) is 23.9 Å². The quantitative estimate of drug-likeness (QED) is 0.706. The molecule has 0 aromatic heterocycles. The van der Waals surface area contributed by atoms with Crippen LogP contribution in [-0.2, 0) is 14.3 Å². The first-order chi connectivity index (χ1) is 13.0. The maximum absolute atomic E-state index is 12.6. The van der Waals surface area contributed by atoms with E-state index in [1.807, 2.05) is 13.8 Å². The molecule has 2 aliphatic heterocycles. The van der Waals surface area contributed by atoms with Gasteiger partial charge in [-0.05, 0) is 31.0 Å². The molecule has 1 aromatic rings. The number of hydrogen-bond acceptors (Lipinski definition) is 5. The van der Waals surface area contributed by atoms with E-state index in [-0.39, 0.29) is 19.1 Å². The van der Waals surface area contributed by atoms with E-state index in [0.29, 0.717) is 30.2 Å². The minimum Gasteiger partial charge on any atom is -0.494 e. The van der Waals surface area contributed by atoms with Crippen LogP contribution in [0.3, 0.4) is 0 Å². The van der Waals surface area contributed by atoms with Crippen molar-refractivity contribution in [3.8, 4) is 5.75 Å². The van der Waals surface area contributed by atoms with Gasteiger partial charge in [-0.2, -0.15) is 0 Å². The lowest BCUT2D eigenvalue weighted by Gasteiger charge is -2.32. The molecule has 0 bridgehead atoms. The first kappa shape index (κ1) is 18.8. The monoisotopic (exact) mass is 373 g/mol. The van der Waals surface area contributed by atoms with Gasteiger partial charge in [0.25, 0.3) is 0 Å².